The largest absolute Gasteiger partial charge is 0.380 e. The average molecular weight is 183 g/mol. The third kappa shape index (κ3) is 1.10. The lowest BCUT2D eigenvalue weighted by molar-refractivity contribution is 0.686. The minimum absolute atomic E-state index is 1.01. The van der Waals surface area contributed by atoms with E-state index >= 15 is 0 Å². The van der Waals surface area contributed by atoms with Crippen LogP contribution in [0, 0.1) is 0 Å². The van der Waals surface area contributed by atoms with E-state index in [0.717, 1.165) is 18.7 Å². The number of nitrogens with zero attached hydrogens (tertiary/aromatic N) is 2. The van der Waals surface area contributed by atoms with Crippen LogP contribution >= 0.6 is 11.8 Å². The lowest BCUT2D eigenvalue weighted by Gasteiger charge is -2.14. The molecular formula is C8H13N3S. The summed E-state index contributed by atoms with van der Waals surface area (Å²) in [6, 6.07) is 0. The van der Waals surface area contributed by atoms with Crippen molar-refractivity contribution < 1.29 is 0 Å². The van der Waals surface area contributed by atoms with Gasteiger partial charge in [0.25, 0.3) is 0 Å². The van der Waals surface area contributed by atoms with Crippen molar-refractivity contribution in [3.8, 4) is 0 Å². The van der Waals surface area contributed by atoms with E-state index in [1.54, 1.807) is 0 Å². The number of anilines is 1. The molecule has 0 amide bonds. The highest BCUT2D eigenvalue weighted by molar-refractivity contribution is 7.99. The number of nitrogens with one attached hydrogen (secondary N) is 1. The first kappa shape index (κ1) is 7.98. The minimum atomic E-state index is 1.01. The second kappa shape index (κ2) is 3.01. The molecular weight excluding hydrogens is 170 g/mol. The van der Waals surface area contributed by atoms with Gasteiger partial charge in [-0.2, -0.15) is 5.10 Å². The molecule has 0 spiro atoms. The van der Waals surface area contributed by atoms with Crippen LogP contribution in [-0.4, -0.2) is 22.1 Å². The molecule has 0 saturated carbocycles. The van der Waals surface area contributed by atoms with Gasteiger partial charge in [0.05, 0.1) is 11.4 Å². The molecule has 0 aromatic carbocycles. The SMILES string of the molecule is CCc1nn(C)c2c1NCCS2. The molecule has 0 unspecified atom stereocenters. The molecule has 2 heterocycles. The smallest absolute Gasteiger partial charge is 0.117 e. The van der Waals surface area contributed by atoms with Crippen LogP contribution in [0.5, 0.6) is 0 Å². The van der Waals surface area contributed by atoms with Crippen molar-refractivity contribution >= 4 is 17.4 Å². The van der Waals surface area contributed by atoms with Gasteiger partial charge in [-0.25, -0.2) is 0 Å². The van der Waals surface area contributed by atoms with Crippen LogP contribution in [0.25, 0.3) is 0 Å². The highest BCUT2D eigenvalue weighted by Gasteiger charge is 2.17. The molecule has 0 atom stereocenters. The van der Waals surface area contributed by atoms with Gasteiger partial charge in [-0.1, -0.05) is 6.92 Å². The molecule has 1 aromatic rings. The molecule has 12 heavy (non-hydrogen) atoms. The molecule has 3 nitrogen and oxygen atoms in total. The molecule has 0 radical (unpaired) electrons. The van der Waals surface area contributed by atoms with E-state index in [1.165, 1.54) is 16.4 Å². The summed E-state index contributed by atoms with van der Waals surface area (Å²) in [6.45, 7) is 3.21. The normalized spacial score (nSPS) is 15.5. The molecule has 1 aliphatic heterocycles. The second-order valence-corrected chi connectivity index (χ2v) is 3.96. The summed E-state index contributed by atoms with van der Waals surface area (Å²) >= 11 is 1.89. The monoisotopic (exact) mass is 183 g/mol. The van der Waals surface area contributed by atoms with Crippen LogP contribution in [0.15, 0.2) is 5.03 Å². The number of hydrogen-bond acceptors (Lipinski definition) is 3. The summed E-state index contributed by atoms with van der Waals surface area (Å²) in [4.78, 5) is 0. The predicted octanol–water partition coefficient (Wildman–Crippen LogP) is 1.50. The van der Waals surface area contributed by atoms with Crippen molar-refractivity contribution in [3.63, 3.8) is 0 Å². The molecule has 1 N–H and O–H groups in total. The Morgan fingerprint density at radius 1 is 1.67 bits per heavy atom. The van der Waals surface area contributed by atoms with E-state index < -0.39 is 0 Å². The Morgan fingerprint density at radius 2 is 2.50 bits per heavy atom. The zero-order chi connectivity index (χ0) is 8.55. The molecule has 1 aliphatic rings. The van der Waals surface area contributed by atoms with E-state index in [0.29, 0.717) is 0 Å². The van der Waals surface area contributed by atoms with Gasteiger partial charge in [0.15, 0.2) is 0 Å². The van der Waals surface area contributed by atoms with Crippen molar-refractivity contribution in [1.82, 2.24) is 9.78 Å². The second-order valence-electron chi connectivity index (χ2n) is 2.88. The van der Waals surface area contributed by atoms with E-state index in [1.807, 2.05) is 23.5 Å². The average Bonchev–Trinajstić information content (AvgIpc) is 2.44. The topological polar surface area (TPSA) is 29.9 Å². The predicted molar refractivity (Wildman–Crippen MR) is 51.8 cm³/mol. The van der Waals surface area contributed by atoms with Gasteiger partial charge in [-0.05, 0) is 6.42 Å². The molecule has 0 fully saturated rings. The van der Waals surface area contributed by atoms with Crippen molar-refractivity contribution in [2.45, 2.75) is 18.4 Å². The summed E-state index contributed by atoms with van der Waals surface area (Å²) < 4.78 is 1.98. The number of thioether (sulfide) groups is 1. The summed E-state index contributed by atoms with van der Waals surface area (Å²) in [5.41, 5.74) is 2.45. The van der Waals surface area contributed by atoms with Crippen LogP contribution in [0.1, 0.15) is 12.6 Å². The first-order chi connectivity index (χ1) is 5.83. The molecule has 0 saturated heterocycles. The summed E-state index contributed by atoms with van der Waals surface area (Å²) in [7, 11) is 2.01. The zero-order valence-electron chi connectivity index (χ0n) is 7.42. The van der Waals surface area contributed by atoms with E-state index in [9.17, 15) is 0 Å². The summed E-state index contributed by atoms with van der Waals surface area (Å²) in [5.74, 6) is 1.15. The van der Waals surface area contributed by atoms with Gasteiger partial charge in [-0.3, -0.25) is 4.68 Å². The number of rotatable bonds is 1. The zero-order valence-corrected chi connectivity index (χ0v) is 8.24. The summed E-state index contributed by atoms with van der Waals surface area (Å²) in [6.07, 6.45) is 1.01. The summed E-state index contributed by atoms with van der Waals surface area (Å²) in [5, 5.41) is 9.13. The number of aryl methyl sites for hydroxylation is 2. The highest BCUT2D eigenvalue weighted by atomic mass is 32.2. The van der Waals surface area contributed by atoms with Crippen LogP contribution < -0.4 is 5.32 Å². The van der Waals surface area contributed by atoms with Crippen molar-refractivity contribution in [2.75, 3.05) is 17.6 Å². The number of fused-ring (bicyclic) bond motifs is 1. The maximum atomic E-state index is 4.44. The molecule has 2 rings (SSSR count). The Balaban J connectivity index is 2.47. The first-order valence-corrected chi connectivity index (χ1v) is 5.24. The van der Waals surface area contributed by atoms with Crippen molar-refractivity contribution in [3.05, 3.63) is 5.69 Å². The first-order valence-electron chi connectivity index (χ1n) is 4.25. The third-order valence-corrected chi connectivity index (χ3v) is 3.19. The van der Waals surface area contributed by atoms with Crippen LogP contribution in [0.2, 0.25) is 0 Å². The maximum Gasteiger partial charge on any atom is 0.117 e. The Hall–Kier alpha value is -0.640. The van der Waals surface area contributed by atoms with Gasteiger partial charge >= 0.3 is 0 Å². The van der Waals surface area contributed by atoms with Gasteiger partial charge in [0.2, 0.25) is 0 Å². The Kier molecular flexibility index (Phi) is 2.00. The quantitative estimate of drug-likeness (QED) is 0.715. The van der Waals surface area contributed by atoms with Gasteiger partial charge in [0, 0.05) is 19.3 Å². The fraction of sp³-hybridized carbons (Fsp3) is 0.625. The van der Waals surface area contributed by atoms with Gasteiger partial charge < -0.3 is 5.32 Å². The molecule has 1 aromatic heterocycles. The lowest BCUT2D eigenvalue weighted by atomic mass is 10.3. The fourth-order valence-corrected chi connectivity index (χ4v) is 2.44. The van der Waals surface area contributed by atoms with E-state index in [2.05, 4.69) is 17.3 Å². The third-order valence-electron chi connectivity index (χ3n) is 2.04. The standard InChI is InChI=1S/C8H13N3S/c1-3-6-7-8(11(2)10-6)12-5-4-9-7/h9H,3-5H2,1-2H3. The van der Waals surface area contributed by atoms with Crippen LogP contribution in [0.4, 0.5) is 5.69 Å². The lowest BCUT2D eigenvalue weighted by Crippen LogP contribution is -2.11. The Morgan fingerprint density at radius 3 is 3.25 bits per heavy atom. The van der Waals surface area contributed by atoms with Crippen LogP contribution in [-0.2, 0) is 13.5 Å². The number of hydrogen-bond donors (Lipinski definition) is 1. The van der Waals surface area contributed by atoms with Gasteiger partial charge in [0.1, 0.15) is 5.03 Å². The Labute approximate surface area is 76.5 Å². The van der Waals surface area contributed by atoms with E-state index in [4.69, 9.17) is 0 Å². The van der Waals surface area contributed by atoms with Crippen LogP contribution in [0.3, 0.4) is 0 Å². The molecule has 0 bridgehead atoms. The maximum absolute atomic E-state index is 4.44. The van der Waals surface area contributed by atoms with Gasteiger partial charge in [-0.15, -0.1) is 11.8 Å². The molecule has 0 aliphatic carbocycles. The highest BCUT2D eigenvalue weighted by Crippen LogP contribution is 2.33. The van der Waals surface area contributed by atoms with E-state index in [-0.39, 0.29) is 0 Å². The fourth-order valence-electron chi connectivity index (χ4n) is 1.48. The Bertz CT molecular complexity index is 293. The molecule has 4 heteroatoms. The number of aromatic nitrogens is 2. The minimum Gasteiger partial charge on any atom is -0.380 e. The van der Waals surface area contributed by atoms with Crippen molar-refractivity contribution in [1.29, 1.82) is 0 Å². The molecule has 66 valence electrons. The van der Waals surface area contributed by atoms with Crippen molar-refractivity contribution in [2.24, 2.45) is 7.05 Å².